The smallest absolute Gasteiger partial charge is 0.229 e. The molecule has 4 heteroatoms. The third kappa shape index (κ3) is 1.88. The van der Waals surface area contributed by atoms with Gasteiger partial charge in [-0.1, -0.05) is 5.16 Å². The van der Waals surface area contributed by atoms with E-state index in [-0.39, 0.29) is 0 Å². The van der Waals surface area contributed by atoms with Crippen LogP contribution in [0.1, 0.15) is 37.5 Å². The van der Waals surface area contributed by atoms with E-state index >= 15 is 0 Å². The van der Waals surface area contributed by atoms with Crippen LogP contribution in [-0.4, -0.2) is 16.7 Å². The van der Waals surface area contributed by atoms with Crippen LogP contribution in [0.15, 0.2) is 10.9 Å². The first kappa shape index (κ1) is 8.69. The Morgan fingerprint density at radius 2 is 2.15 bits per heavy atom. The third-order valence-electron chi connectivity index (χ3n) is 2.91. The first-order valence-corrected chi connectivity index (χ1v) is 4.86. The highest BCUT2D eigenvalue weighted by molar-refractivity contribution is 4.92. The number of hydrogen-bond acceptors (Lipinski definition) is 4. The topological polar surface area (TPSA) is 64.9 Å². The van der Waals surface area contributed by atoms with Crippen molar-refractivity contribution in [2.75, 3.05) is 6.54 Å². The highest BCUT2D eigenvalue weighted by atomic mass is 16.5. The second-order valence-electron chi connectivity index (χ2n) is 3.73. The van der Waals surface area contributed by atoms with Gasteiger partial charge in [-0.3, -0.25) is 0 Å². The van der Waals surface area contributed by atoms with Crippen molar-refractivity contribution in [2.45, 2.75) is 31.6 Å². The van der Waals surface area contributed by atoms with Crippen molar-refractivity contribution in [3.8, 4) is 0 Å². The quantitative estimate of drug-likeness (QED) is 0.746. The molecule has 1 fully saturated rings. The maximum absolute atomic E-state index is 5.62. The predicted molar refractivity (Wildman–Crippen MR) is 48.1 cm³/mol. The maximum Gasteiger partial charge on any atom is 0.229 e. The molecular weight excluding hydrogens is 166 g/mol. The minimum Gasteiger partial charge on any atom is -0.339 e. The lowest BCUT2D eigenvalue weighted by atomic mass is 9.82. The van der Waals surface area contributed by atoms with Crippen molar-refractivity contribution in [3.05, 3.63) is 12.2 Å². The summed E-state index contributed by atoms with van der Waals surface area (Å²) in [5.74, 6) is 1.99. The molecule has 2 N–H and O–H groups in total. The van der Waals surface area contributed by atoms with Crippen LogP contribution < -0.4 is 5.73 Å². The highest BCUT2D eigenvalue weighted by Gasteiger charge is 2.24. The van der Waals surface area contributed by atoms with E-state index in [0.29, 0.717) is 11.8 Å². The molecule has 1 aromatic rings. The van der Waals surface area contributed by atoms with Gasteiger partial charge in [-0.2, -0.15) is 4.98 Å². The van der Waals surface area contributed by atoms with Gasteiger partial charge >= 0.3 is 0 Å². The van der Waals surface area contributed by atoms with Gasteiger partial charge in [0.2, 0.25) is 5.89 Å². The molecule has 0 atom stereocenters. The molecule has 1 aliphatic carbocycles. The fourth-order valence-electron chi connectivity index (χ4n) is 2.01. The van der Waals surface area contributed by atoms with E-state index in [4.69, 9.17) is 10.3 Å². The molecule has 13 heavy (non-hydrogen) atoms. The number of nitrogens with two attached hydrogens (primary N) is 1. The van der Waals surface area contributed by atoms with Crippen LogP contribution in [0.2, 0.25) is 0 Å². The Balaban J connectivity index is 1.92. The fourth-order valence-corrected chi connectivity index (χ4v) is 2.01. The Bertz CT molecular complexity index is 239. The minimum absolute atomic E-state index is 0.477. The summed E-state index contributed by atoms with van der Waals surface area (Å²) in [5.41, 5.74) is 5.62. The van der Waals surface area contributed by atoms with Gasteiger partial charge in [0.05, 0.1) is 0 Å². The average molecular weight is 181 g/mol. The average Bonchev–Trinajstić information content (AvgIpc) is 2.71. The van der Waals surface area contributed by atoms with Crippen LogP contribution >= 0.6 is 0 Å². The number of rotatable bonds is 2. The lowest BCUT2D eigenvalue weighted by Gasteiger charge is -2.24. The molecule has 0 aromatic carbocycles. The summed E-state index contributed by atoms with van der Waals surface area (Å²) in [6.45, 7) is 0.816. The second-order valence-corrected chi connectivity index (χ2v) is 3.73. The maximum atomic E-state index is 5.62. The van der Waals surface area contributed by atoms with Gasteiger partial charge in [-0.25, -0.2) is 0 Å². The monoisotopic (exact) mass is 181 g/mol. The van der Waals surface area contributed by atoms with Crippen LogP contribution in [-0.2, 0) is 0 Å². The van der Waals surface area contributed by atoms with Crippen LogP contribution in [0.4, 0.5) is 0 Å². The van der Waals surface area contributed by atoms with Crippen molar-refractivity contribution in [1.29, 1.82) is 0 Å². The molecule has 1 saturated carbocycles. The van der Waals surface area contributed by atoms with E-state index in [2.05, 4.69) is 10.1 Å². The summed E-state index contributed by atoms with van der Waals surface area (Å²) in [4.78, 5) is 4.08. The SMILES string of the molecule is NCC1CCC(c2ncno2)CC1. The Morgan fingerprint density at radius 1 is 1.38 bits per heavy atom. The molecular formula is C9H15N3O. The van der Waals surface area contributed by atoms with Gasteiger partial charge in [-0.05, 0) is 38.1 Å². The number of aromatic nitrogens is 2. The summed E-state index contributed by atoms with van der Waals surface area (Å²) in [6, 6.07) is 0. The van der Waals surface area contributed by atoms with Crippen molar-refractivity contribution in [3.63, 3.8) is 0 Å². The van der Waals surface area contributed by atoms with Crippen molar-refractivity contribution < 1.29 is 4.52 Å². The zero-order valence-electron chi connectivity index (χ0n) is 7.65. The molecule has 1 heterocycles. The number of hydrogen-bond donors (Lipinski definition) is 1. The molecule has 1 aliphatic rings. The van der Waals surface area contributed by atoms with Crippen molar-refractivity contribution >= 4 is 0 Å². The van der Waals surface area contributed by atoms with E-state index in [1.54, 1.807) is 0 Å². The summed E-state index contributed by atoms with van der Waals surface area (Å²) in [5, 5.41) is 3.63. The van der Waals surface area contributed by atoms with Crippen molar-refractivity contribution in [2.24, 2.45) is 11.7 Å². The molecule has 0 unspecified atom stereocenters. The molecule has 0 amide bonds. The van der Waals surface area contributed by atoms with Crippen LogP contribution in [0.25, 0.3) is 0 Å². The number of nitrogens with zero attached hydrogens (tertiary/aromatic N) is 2. The predicted octanol–water partition coefficient (Wildman–Crippen LogP) is 1.30. The van der Waals surface area contributed by atoms with Gasteiger partial charge in [0.15, 0.2) is 6.33 Å². The summed E-state index contributed by atoms with van der Waals surface area (Å²) < 4.78 is 5.05. The summed E-state index contributed by atoms with van der Waals surface area (Å²) >= 11 is 0. The van der Waals surface area contributed by atoms with Gasteiger partial charge in [0.1, 0.15) is 0 Å². The molecule has 1 aromatic heterocycles. The fraction of sp³-hybridized carbons (Fsp3) is 0.778. The molecule has 72 valence electrons. The lowest BCUT2D eigenvalue weighted by molar-refractivity contribution is 0.274. The Kier molecular flexibility index (Phi) is 2.59. The van der Waals surface area contributed by atoms with E-state index in [1.807, 2.05) is 0 Å². The zero-order chi connectivity index (χ0) is 9.10. The van der Waals surface area contributed by atoms with E-state index in [0.717, 1.165) is 25.3 Å². The van der Waals surface area contributed by atoms with E-state index in [9.17, 15) is 0 Å². The Morgan fingerprint density at radius 3 is 2.69 bits per heavy atom. The molecule has 0 aliphatic heterocycles. The van der Waals surface area contributed by atoms with Crippen LogP contribution in [0.3, 0.4) is 0 Å². The second kappa shape index (κ2) is 3.87. The first-order valence-electron chi connectivity index (χ1n) is 4.86. The van der Waals surface area contributed by atoms with E-state index in [1.165, 1.54) is 19.2 Å². The normalized spacial score (nSPS) is 29.0. The van der Waals surface area contributed by atoms with Crippen molar-refractivity contribution in [1.82, 2.24) is 10.1 Å². The molecule has 2 rings (SSSR count). The van der Waals surface area contributed by atoms with Gasteiger partial charge in [-0.15, -0.1) is 0 Å². The zero-order valence-corrected chi connectivity index (χ0v) is 7.65. The Labute approximate surface area is 77.5 Å². The lowest BCUT2D eigenvalue weighted by Crippen LogP contribution is -2.20. The minimum atomic E-state index is 0.477. The van der Waals surface area contributed by atoms with Crippen LogP contribution in [0, 0.1) is 5.92 Å². The van der Waals surface area contributed by atoms with Gasteiger partial charge in [0, 0.05) is 5.92 Å². The van der Waals surface area contributed by atoms with Gasteiger partial charge in [0.25, 0.3) is 0 Å². The van der Waals surface area contributed by atoms with E-state index < -0.39 is 0 Å². The largest absolute Gasteiger partial charge is 0.339 e. The molecule has 0 radical (unpaired) electrons. The standard InChI is InChI=1S/C9H15N3O/c10-5-7-1-3-8(4-2-7)9-11-6-12-13-9/h6-8H,1-5,10H2. The summed E-state index contributed by atoms with van der Waals surface area (Å²) in [6.07, 6.45) is 6.16. The molecule has 4 nitrogen and oxygen atoms in total. The highest BCUT2D eigenvalue weighted by Crippen LogP contribution is 2.33. The van der Waals surface area contributed by atoms with Gasteiger partial charge < -0.3 is 10.3 Å². The van der Waals surface area contributed by atoms with Crippen LogP contribution in [0.5, 0.6) is 0 Å². The molecule has 0 saturated heterocycles. The summed E-state index contributed by atoms with van der Waals surface area (Å²) in [7, 11) is 0. The molecule has 0 spiro atoms. The third-order valence-corrected chi connectivity index (χ3v) is 2.91. The molecule has 0 bridgehead atoms. The first-order chi connectivity index (χ1) is 6.40. The Hall–Kier alpha value is -0.900.